The lowest BCUT2D eigenvalue weighted by Gasteiger charge is -2.33. The molecule has 5 heteroatoms. The smallest absolute Gasteiger partial charge is 0.253 e. The van der Waals surface area contributed by atoms with Crippen LogP contribution in [0, 0.1) is 11.8 Å². The van der Waals surface area contributed by atoms with Crippen LogP contribution >= 0.6 is 0 Å². The molecular weight excluding hydrogens is 230 g/mol. The molecule has 3 fully saturated rings. The Morgan fingerprint density at radius 2 is 2.00 bits per heavy atom. The van der Waals surface area contributed by atoms with Gasteiger partial charge in [0.05, 0.1) is 6.61 Å². The van der Waals surface area contributed by atoms with E-state index in [9.17, 15) is 4.79 Å². The summed E-state index contributed by atoms with van der Waals surface area (Å²) in [4.78, 5) is 16.8. The van der Waals surface area contributed by atoms with E-state index in [1.165, 1.54) is 0 Å². The van der Waals surface area contributed by atoms with E-state index in [-0.39, 0.29) is 12.0 Å². The summed E-state index contributed by atoms with van der Waals surface area (Å²) in [7, 11) is 0. The van der Waals surface area contributed by atoms with E-state index in [0.717, 1.165) is 45.8 Å². The Kier molecular flexibility index (Phi) is 3.54. The highest BCUT2D eigenvalue weighted by Crippen LogP contribution is 2.27. The van der Waals surface area contributed by atoms with Crippen molar-refractivity contribution in [3.8, 4) is 0 Å². The molecule has 0 spiro atoms. The topological polar surface area (TPSA) is 44.8 Å². The molecule has 0 aromatic carbocycles. The Morgan fingerprint density at radius 3 is 2.67 bits per heavy atom. The van der Waals surface area contributed by atoms with Gasteiger partial charge in [0.15, 0.2) is 0 Å². The second kappa shape index (κ2) is 5.15. The molecular formula is C13H23N3O2. The van der Waals surface area contributed by atoms with Crippen LogP contribution in [0.1, 0.15) is 6.92 Å². The van der Waals surface area contributed by atoms with E-state index in [4.69, 9.17) is 4.74 Å². The number of ether oxygens (including phenoxy) is 1. The molecule has 102 valence electrons. The first-order chi connectivity index (χ1) is 8.78. The van der Waals surface area contributed by atoms with E-state index in [1.807, 2.05) is 4.90 Å². The molecule has 0 aliphatic carbocycles. The van der Waals surface area contributed by atoms with Gasteiger partial charge in [-0.2, -0.15) is 0 Å². The summed E-state index contributed by atoms with van der Waals surface area (Å²) >= 11 is 0. The highest BCUT2D eigenvalue weighted by Gasteiger charge is 2.40. The number of rotatable bonds is 2. The largest absolute Gasteiger partial charge is 0.366 e. The predicted molar refractivity (Wildman–Crippen MR) is 68.3 cm³/mol. The molecule has 3 aliphatic rings. The Labute approximate surface area is 108 Å². The summed E-state index contributed by atoms with van der Waals surface area (Å²) in [5.74, 6) is 1.54. The standard InChI is InChI=1S/C13H23N3O2/c1-2-15-3-4-18-12(9-15)13(17)16-7-10-5-14-6-11(10)8-16/h10-12,14H,2-9H2,1H3/t10-,11+,12?. The summed E-state index contributed by atoms with van der Waals surface area (Å²) < 4.78 is 5.66. The zero-order valence-corrected chi connectivity index (χ0v) is 11.1. The van der Waals surface area contributed by atoms with Crippen molar-refractivity contribution in [1.82, 2.24) is 15.1 Å². The minimum Gasteiger partial charge on any atom is -0.366 e. The van der Waals surface area contributed by atoms with Crippen molar-refractivity contribution in [2.75, 3.05) is 52.4 Å². The quantitative estimate of drug-likeness (QED) is 0.713. The van der Waals surface area contributed by atoms with Crippen molar-refractivity contribution in [1.29, 1.82) is 0 Å². The fourth-order valence-corrected chi connectivity index (χ4v) is 3.38. The molecule has 0 aromatic rings. The number of amides is 1. The normalized spacial score (nSPS) is 36.9. The van der Waals surface area contributed by atoms with Gasteiger partial charge in [0, 0.05) is 39.3 Å². The van der Waals surface area contributed by atoms with Crippen LogP contribution in [-0.4, -0.2) is 74.2 Å². The fraction of sp³-hybridized carbons (Fsp3) is 0.923. The number of morpholine rings is 1. The summed E-state index contributed by atoms with van der Waals surface area (Å²) in [6.45, 7) is 9.52. The number of fused-ring (bicyclic) bond motifs is 1. The van der Waals surface area contributed by atoms with E-state index < -0.39 is 0 Å². The Morgan fingerprint density at radius 1 is 1.28 bits per heavy atom. The molecule has 18 heavy (non-hydrogen) atoms. The van der Waals surface area contributed by atoms with Crippen molar-refractivity contribution < 1.29 is 9.53 Å². The molecule has 1 amide bonds. The van der Waals surface area contributed by atoms with Gasteiger partial charge >= 0.3 is 0 Å². The van der Waals surface area contributed by atoms with Gasteiger partial charge in [-0.25, -0.2) is 0 Å². The molecule has 3 saturated heterocycles. The van der Waals surface area contributed by atoms with Crippen LogP contribution in [0.5, 0.6) is 0 Å². The number of nitrogens with zero attached hydrogens (tertiary/aromatic N) is 2. The molecule has 3 heterocycles. The number of likely N-dealkylation sites (N-methyl/N-ethyl adjacent to an activating group) is 1. The first-order valence-electron chi connectivity index (χ1n) is 7.11. The lowest BCUT2D eigenvalue weighted by molar-refractivity contribution is -0.148. The minimum absolute atomic E-state index is 0.211. The number of hydrogen-bond acceptors (Lipinski definition) is 4. The predicted octanol–water partition coefficient (Wildman–Crippen LogP) is -0.615. The molecule has 0 radical (unpaired) electrons. The van der Waals surface area contributed by atoms with Gasteiger partial charge in [-0.15, -0.1) is 0 Å². The average molecular weight is 253 g/mol. The number of nitrogens with one attached hydrogen (secondary N) is 1. The monoisotopic (exact) mass is 253 g/mol. The molecule has 1 unspecified atom stereocenters. The van der Waals surface area contributed by atoms with Gasteiger partial charge in [0.1, 0.15) is 6.10 Å². The van der Waals surface area contributed by atoms with Gasteiger partial charge in [0.25, 0.3) is 5.91 Å². The van der Waals surface area contributed by atoms with Crippen molar-refractivity contribution in [2.45, 2.75) is 13.0 Å². The van der Waals surface area contributed by atoms with E-state index in [2.05, 4.69) is 17.1 Å². The molecule has 5 nitrogen and oxygen atoms in total. The molecule has 0 saturated carbocycles. The van der Waals surface area contributed by atoms with Crippen LogP contribution in [0.4, 0.5) is 0 Å². The molecule has 3 rings (SSSR count). The molecule has 0 aromatic heterocycles. The number of likely N-dealkylation sites (tertiary alicyclic amines) is 1. The van der Waals surface area contributed by atoms with Crippen LogP contribution in [-0.2, 0) is 9.53 Å². The molecule has 3 aliphatic heterocycles. The third-order valence-corrected chi connectivity index (χ3v) is 4.57. The second-order valence-corrected chi connectivity index (χ2v) is 5.67. The lowest BCUT2D eigenvalue weighted by atomic mass is 10.0. The summed E-state index contributed by atoms with van der Waals surface area (Å²) in [5.41, 5.74) is 0. The van der Waals surface area contributed by atoms with Gasteiger partial charge in [-0.3, -0.25) is 9.69 Å². The van der Waals surface area contributed by atoms with E-state index >= 15 is 0 Å². The molecule has 3 atom stereocenters. The average Bonchev–Trinajstić information content (AvgIpc) is 2.98. The van der Waals surface area contributed by atoms with Gasteiger partial charge < -0.3 is 15.0 Å². The van der Waals surface area contributed by atoms with Crippen molar-refractivity contribution in [3.63, 3.8) is 0 Å². The molecule has 1 N–H and O–H groups in total. The summed E-state index contributed by atoms with van der Waals surface area (Å²) in [5, 5.41) is 3.40. The van der Waals surface area contributed by atoms with Crippen LogP contribution in [0.3, 0.4) is 0 Å². The van der Waals surface area contributed by atoms with E-state index in [1.54, 1.807) is 0 Å². The van der Waals surface area contributed by atoms with Gasteiger partial charge in [-0.1, -0.05) is 6.92 Å². The highest BCUT2D eigenvalue weighted by molar-refractivity contribution is 5.81. The first kappa shape index (κ1) is 12.4. The van der Waals surface area contributed by atoms with Crippen LogP contribution in [0.25, 0.3) is 0 Å². The maximum Gasteiger partial charge on any atom is 0.253 e. The minimum atomic E-state index is -0.231. The van der Waals surface area contributed by atoms with Crippen molar-refractivity contribution >= 4 is 5.91 Å². The number of carbonyl (C=O) groups is 1. The van der Waals surface area contributed by atoms with Crippen molar-refractivity contribution in [2.24, 2.45) is 11.8 Å². The van der Waals surface area contributed by atoms with Crippen LogP contribution in [0.15, 0.2) is 0 Å². The third kappa shape index (κ3) is 2.27. The maximum absolute atomic E-state index is 12.4. The Balaban J connectivity index is 1.58. The zero-order chi connectivity index (χ0) is 12.5. The summed E-state index contributed by atoms with van der Waals surface area (Å²) in [6, 6.07) is 0. The van der Waals surface area contributed by atoms with Crippen molar-refractivity contribution in [3.05, 3.63) is 0 Å². The lowest BCUT2D eigenvalue weighted by Crippen LogP contribution is -2.50. The Hall–Kier alpha value is -0.650. The zero-order valence-electron chi connectivity index (χ0n) is 11.1. The second-order valence-electron chi connectivity index (χ2n) is 5.67. The van der Waals surface area contributed by atoms with E-state index in [0.29, 0.717) is 18.4 Å². The number of hydrogen-bond donors (Lipinski definition) is 1. The van der Waals surface area contributed by atoms with Gasteiger partial charge in [-0.05, 0) is 18.4 Å². The fourth-order valence-electron chi connectivity index (χ4n) is 3.38. The van der Waals surface area contributed by atoms with Crippen LogP contribution < -0.4 is 5.32 Å². The number of carbonyl (C=O) groups excluding carboxylic acids is 1. The maximum atomic E-state index is 12.4. The highest BCUT2D eigenvalue weighted by atomic mass is 16.5. The van der Waals surface area contributed by atoms with Gasteiger partial charge in [0.2, 0.25) is 0 Å². The molecule has 0 bridgehead atoms. The first-order valence-corrected chi connectivity index (χ1v) is 7.11. The SMILES string of the molecule is CCN1CCOC(C(=O)N2C[C@H]3CNC[C@H]3C2)C1. The Bertz CT molecular complexity index is 305. The summed E-state index contributed by atoms with van der Waals surface area (Å²) in [6.07, 6.45) is -0.231. The third-order valence-electron chi connectivity index (χ3n) is 4.57. The van der Waals surface area contributed by atoms with Crippen LogP contribution in [0.2, 0.25) is 0 Å².